The quantitative estimate of drug-likeness (QED) is 0.419. The van der Waals surface area contributed by atoms with Crippen molar-refractivity contribution in [3.63, 3.8) is 0 Å². The number of hydrogen-bond acceptors (Lipinski definition) is 5. The van der Waals surface area contributed by atoms with Crippen molar-refractivity contribution in [2.45, 2.75) is 19.9 Å². The van der Waals surface area contributed by atoms with Crippen molar-refractivity contribution in [2.24, 2.45) is 16.9 Å². The Bertz CT molecular complexity index is 272. The molecule has 7 nitrogen and oxygen atoms in total. The van der Waals surface area contributed by atoms with E-state index in [1.165, 1.54) is 0 Å². The SMILES string of the molecule is CC(C)[C@H](N)C(=O)NC(=O)N(CCCl)N=O. The molecular weight excluding hydrogens is 236 g/mol. The number of rotatable bonds is 5. The molecule has 0 aliphatic carbocycles. The molecule has 8 heteroatoms. The van der Waals surface area contributed by atoms with Gasteiger partial charge in [-0.25, -0.2) is 4.79 Å². The van der Waals surface area contributed by atoms with Crippen molar-refractivity contribution < 1.29 is 9.59 Å². The number of carbonyl (C=O) groups excluding carboxylic acids is 2. The topological polar surface area (TPSA) is 105 Å². The fourth-order valence-electron chi connectivity index (χ4n) is 0.816. The lowest BCUT2D eigenvalue weighted by molar-refractivity contribution is -0.122. The van der Waals surface area contributed by atoms with Gasteiger partial charge in [-0.1, -0.05) is 13.8 Å². The van der Waals surface area contributed by atoms with Crippen molar-refractivity contribution in [3.8, 4) is 0 Å². The molecule has 0 rings (SSSR count). The van der Waals surface area contributed by atoms with Crippen molar-refractivity contribution in [1.29, 1.82) is 0 Å². The number of nitroso groups, excluding NO2 is 1. The van der Waals surface area contributed by atoms with E-state index >= 15 is 0 Å². The molecule has 0 aliphatic rings. The highest BCUT2D eigenvalue weighted by Gasteiger charge is 2.22. The third kappa shape index (κ3) is 4.54. The molecule has 92 valence electrons. The Kier molecular flexibility index (Phi) is 6.59. The van der Waals surface area contributed by atoms with Crippen LogP contribution in [0.25, 0.3) is 0 Å². The summed E-state index contributed by atoms with van der Waals surface area (Å²) < 4.78 is 0. The summed E-state index contributed by atoms with van der Waals surface area (Å²) in [4.78, 5) is 32.9. The molecule has 0 aromatic heterocycles. The van der Waals surface area contributed by atoms with Gasteiger partial charge in [0.05, 0.1) is 17.9 Å². The van der Waals surface area contributed by atoms with Crippen LogP contribution in [0, 0.1) is 10.8 Å². The van der Waals surface area contributed by atoms with Gasteiger partial charge in [0.2, 0.25) is 5.91 Å². The van der Waals surface area contributed by atoms with Gasteiger partial charge in [-0.2, -0.15) is 5.01 Å². The first-order valence-electron chi connectivity index (χ1n) is 4.71. The maximum absolute atomic E-state index is 11.4. The maximum Gasteiger partial charge on any atom is 0.347 e. The first-order valence-corrected chi connectivity index (χ1v) is 5.24. The summed E-state index contributed by atoms with van der Waals surface area (Å²) in [5.41, 5.74) is 5.51. The highest BCUT2D eigenvalue weighted by Crippen LogP contribution is 1.99. The van der Waals surface area contributed by atoms with Crippen LogP contribution in [0.1, 0.15) is 13.8 Å². The Morgan fingerprint density at radius 1 is 1.50 bits per heavy atom. The monoisotopic (exact) mass is 250 g/mol. The third-order valence-electron chi connectivity index (χ3n) is 1.88. The summed E-state index contributed by atoms with van der Waals surface area (Å²) in [6, 6.07) is -1.73. The predicted molar refractivity (Wildman–Crippen MR) is 59.6 cm³/mol. The van der Waals surface area contributed by atoms with Gasteiger partial charge in [0.15, 0.2) is 0 Å². The number of amides is 3. The highest BCUT2D eigenvalue weighted by molar-refractivity contribution is 6.18. The van der Waals surface area contributed by atoms with Crippen LogP contribution in [0.4, 0.5) is 4.79 Å². The molecule has 0 saturated carbocycles. The molecule has 0 fully saturated rings. The number of carbonyl (C=O) groups is 2. The van der Waals surface area contributed by atoms with E-state index < -0.39 is 18.0 Å². The number of urea groups is 1. The number of alkyl halides is 1. The third-order valence-corrected chi connectivity index (χ3v) is 2.05. The van der Waals surface area contributed by atoms with Crippen LogP contribution in [0.2, 0.25) is 0 Å². The van der Waals surface area contributed by atoms with Crippen LogP contribution in [0.3, 0.4) is 0 Å². The fourth-order valence-corrected chi connectivity index (χ4v) is 0.976. The molecule has 3 amide bonds. The molecule has 1 atom stereocenters. The summed E-state index contributed by atoms with van der Waals surface area (Å²) in [6.07, 6.45) is 0. The van der Waals surface area contributed by atoms with Crippen LogP contribution in [0.15, 0.2) is 5.29 Å². The van der Waals surface area contributed by atoms with Crippen LogP contribution in [0.5, 0.6) is 0 Å². The zero-order valence-electron chi connectivity index (χ0n) is 9.14. The molecule has 16 heavy (non-hydrogen) atoms. The standard InChI is InChI=1S/C8H15ClN4O3/c1-5(2)6(10)7(14)11-8(15)13(12-16)4-3-9/h5-6H,3-4,10H2,1-2H3,(H,11,14,15)/t6-/m0/s1. The summed E-state index contributed by atoms with van der Waals surface area (Å²) in [5, 5.41) is 4.92. The van der Waals surface area contributed by atoms with Gasteiger partial charge in [-0.3, -0.25) is 10.1 Å². The molecule has 0 radical (unpaired) electrons. The molecule has 0 saturated heterocycles. The molecule has 3 N–H and O–H groups in total. The van der Waals surface area contributed by atoms with E-state index in [-0.39, 0.29) is 18.3 Å². The van der Waals surface area contributed by atoms with E-state index in [9.17, 15) is 14.5 Å². The highest BCUT2D eigenvalue weighted by atomic mass is 35.5. The molecule has 0 aromatic carbocycles. The zero-order valence-corrected chi connectivity index (χ0v) is 9.90. The van der Waals surface area contributed by atoms with Crippen LogP contribution in [-0.2, 0) is 4.79 Å². The van der Waals surface area contributed by atoms with Crippen LogP contribution in [-0.4, -0.2) is 35.4 Å². The Balaban J connectivity index is 4.32. The predicted octanol–water partition coefficient (Wildman–Crippen LogP) is 0.428. The lowest BCUT2D eigenvalue weighted by Gasteiger charge is -2.17. The number of halogens is 1. The number of nitrogens with one attached hydrogen (secondary N) is 1. The van der Waals surface area contributed by atoms with Crippen molar-refractivity contribution in [2.75, 3.05) is 12.4 Å². The minimum absolute atomic E-state index is 0.0452. The van der Waals surface area contributed by atoms with Gasteiger partial charge >= 0.3 is 6.03 Å². The van der Waals surface area contributed by atoms with Gasteiger partial charge in [0, 0.05) is 5.88 Å². The van der Waals surface area contributed by atoms with Crippen LogP contribution >= 0.6 is 11.6 Å². The first kappa shape index (κ1) is 14.8. The minimum atomic E-state index is -0.920. The summed E-state index contributed by atoms with van der Waals surface area (Å²) in [5.74, 6) is -0.717. The molecular formula is C8H15ClN4O3. The van der Waals surface area contributed by atoms with E-state index in [4.69, 9.17) is 17.3 Å². The molecule has 0 aliphatic heterocycles. The van der Waals surface area contributed by atoms with Gasteiger partial charge in [0.25, 0.3) is 0 Å². The summed E-state index contributed by atoms with van der Waals surface area (Å²) in [6.45, 7) is 3.41. The summed E-state index contributed by atoms with van der Waals surface area (Å²) >= 11 is 5.34. The smallest absolute Gasteiger partial charge is 0.320 e. The summed E-state index contributed by atoms with van der Waals surface area (Å²) in [7, 11) is 0. The molecule has 0 spiro atoms. The van der Waals surface area contributed by atoms with Crippen molar-refractivity contribution in [3.05, 3.63) is 4.91 Å². The van der Waals surface area contributed by atoms with Crippen molar-refractivity contribution >= 4 is 23.5 Å². The largest absolute Gasteiger partial charge is 0.347 e. The lowest BCUT2D eigenvalue weighted by atomic mass is 10.1. The van der Waals surface area contributed by atoms with Gasteiger partial charge in [-0.15, -0.1) is 16.5 Å². The van der Waals surface area contributed by atoms with Gasteiger partial charge < -0.3 is 5.73 Å². The average molecular weight is 251 g/mol. The molecule has 0 aromatic rings. The first-order chi connectivity index (χ1) is 7.43. The zero-order chi connectivity index (χ0) is 12.7. The minimum Gasteiger partial charge on any atom is -0.320 e. The molecule has 0 unspecified atom stereocenters. The lowest BCUT2D eigenvalue weighted by Crippen LogP contribution is -2.49. The Hall–Kier alpha value is -1.21. The second kappa shape index (κ2) is 7.13. The second-order valence-electron chi connectivity index (χ2n) is 3.46. The number of hydrogen-bond donors (Lipinski definition) is 2. The molecule has 0 heterocycles. The van der Waals surface area contributed by atoms with E-state index in [0.29, 0.717) is 5.01 Å². The Morgan fingerprint density at radius 3 is 2.44 bits per heavy atom. The maximum atomic E-state index is 11.4. The number of imide groups is 1. The second-order valence-corrected chi connectivity index (χ2v) is 3.84. The normalized spacial score (nSPS) is 12.1. The van der Waals surface area contributed by atoms with Gasteiger partial charge in [-0.05, 0) is 5.92 Å². The van der Waals surface area contributed by atoms with Gasteiger partial charge in [0.1, 0.15) is 0 Å². The van der Waals surface area contributed by atoms with E-state index in [0.717, 1.165) is 0 Å². The Morgan fingerprint density at radius 2 is 2.06 bits per heavy atom. The molecule has 0 bridgehead atoms. The van der Waals surface area contributed by atoms with E-state index in [1.807, 2.05) is 5.32 Å². The average Bonchev–Trinajstić information content (AvgIpc) is 2.24. The van der Waals surface area contributed by atoms with E-state index in [1.54, 1.807) is 13.8 Å². The Labute approximate surface area is 98.2 Å². The fraction of sp³-hybridized carbons (Fsp3) is 0.750. The van der Waals surface area contributed by atoms with Crippen LogP contribution < -0.4 is 11.1 Å². The number of nitrogens with zero attached hydrogens (tertiary/aromatic N) is 2. The van der Waals surface area contributed by atoms with E-state index in [2.05, 4.69) is 5.29 Å². The van der Waals surface area contributed by atoms with Crippen molar-refractivity contribution in [1.82, 2.24) is 10.3 Å². The number of nitrogens with two attached hydrogens (primary N) is 1.